The first-order valence-electron chi connectivity index (χ1n) is 8.91. The smallest absolute Gasteiger partial charge is 0.194 e. The zero-order valence-corrected chi connectivity index (χ0v) is 16.3. The van der Waals surface area contributed by atoms with Crippen LogP contribution < -0.4 is 20.2 Å². The largest absolute Gasteiger partial charge is 0.493 e. The predicted octanol–water partition coefficient (Wildman–Crippen LogP) is 3.71. The van der Waals surface area contributed by atoms with Crippen LogP contribution in [0.4, 0.5) is 5.00 Å². The van der Waals surface area contributed by atoms with Crippen molar-refractivity contribution < 1.29 is 9.47 Å². The number of nitrogens with zero attached hydrogens (tertiary/aromatic N) is 1. The van der Waals surface area contributed by atoms with E-state index in [9.17, 15) is 4.79 Å². The lowest BCUT2D eigenvalue weighted by Crippen LogP contribution is -2.37. The van der Waals surface area contributed by atoms with Gasteiger partial charge in [0, 0.05) is 28.7 Å². The number of methoxy groups -OCH3 is 2. The summed E-state index contributed by atoms with van der Waals surface area (Å²) in [5, 5.41) is 5.23. The number of fused-ring (bicyclic) bond motifs is 2. The zero-order chi connectivity index (χ0) is 18.8. The fourth-order valence-electron chi connectivity index (χ4n) is 3.41. The minimum absolute atomic E-state index is 0.141. The molecule has 0 bridgehead atoms. The molecule has 1 aliphatic rings. The van der Waals surface area contributed by atoms with Crippen LogP contribution in [0.5, 0.6) is 11.5 Å². The van der Waals surface area contributed by atoms with Gasteiger partial charge in [-0.15, -0.1) is 11.3 Å². The molecular formula is C21H22N2O3S. The van der Waals surface area contributed by atoms with Crippen LogP contribution in [-0.4, -0.2) is 32.3 Å². The number of ether oxygens (including phenoxy) is 2. The molecule has 0 saturated heterocycles. The third-order valence-corrected chi connectivity index (χ3v) is 6.07. The maximum atomic E-state index is 12.9. The fourth-order valence-corrected chi connectivity index (χ4v) is 4.47. The molecule has 0 aliphatic carbocycles. The van der Waals surface area contributed by atoms with Crippen molar-refractivity contribution in [1.82, 2.24) is 4.90 Å². The van der Waals surface area contributed by atoms with E-state index in [2.05, 4.69) is 16.3 Å². The van der Waals surface area contributed by atoms with Crippen molar-refractivity contribution >= 4 is 26.4 Å². The number of benzene rings is 2. The molecule has 0 amide bonds. The molecule has 3 aromatic rings. The van der Waals surface area contributed by atoms with Crippen LogP contribution in [0.1, 0.15) is 11.1 Å². The van der Waals surface area contributed by atoms with Crippen LogP contribution in [0.3, 0.4) is 0 Å². The first-order chi connectivity index (χ1) is 13.2. The van der Waals surface area contributed by atoms with Crippen LogP contribution in [-0.2, 0) is 13.0 Å². The SMILES string of the molecule is COc1ccc(CCN2CNc3sc4ccccc4c(=O)c3C2)cc1OC. The molecule has 2 aromatic carbocycles. The van der Waals surface area contributed by atoms with E-state index in [1.165, 1.54) is 5.56 Å². The highest BCUT2D eigenvalue weighted by molar-refractivity contribution is 7.22. The van der Waals surface area contributed by atoms with Gasteiger partial charge in [0.05, 0.1) is 25.9 Å². The van der Waals surface area contributed by atoms with Gasteiger partial charge in [-0.25, -0.2) is 0 Å². The monoisotopic (exact) mass is 382 g/mol. The Morgan fingerprint density at radius 1 is 1.11 bits per heavy atom. The van der Waals surface area contributed by atoms with E-state index in [0.717, 1.165) is 51.8 Å². The van der Waals surface area contributed by atoms with Gasteiger partial charge >= 0.3 is 0 Å². The van der Waals surface area contributed by atoms with E-state index >= 15 is 0 Å². The molecule has 1 N–H and O–H groups in total. The number of hydrogen-bond donors (Lipinski definition) is 1. The second-order valence-electron chi connectivity index (χ2n) is 6.56. The standard InChI is InChI=1S/C21H22N2O3S/c1-25-17-8-7-14(11-18(17)26-2)9-10-23-12-16-20(24)15-5-3-4-6-19(15)27-21(16)22-13-23/h3-8,11,22H,9-10,12-13H2,1-2H3. The summed E-state index contributed by atoms with van der Waals surface area (Å²) in [5.41, 5.74) is 2.20. The van der Waals surface area contributed by atoms with Gasteiger partial charge in [0.1, 0.15) is 0 Å². The highest BCUT2D eigenvalue weighted by atomic mass is 32.1. The van der Waals surface area contributed by atoms with Crippen molar-refractivity contribution in [3.8, 4) is 11.5 Å². The van der Waals surface area contributed by atoms with Crippen molar-refractivity contribution in [3.05, 3.63) is 63.8 Å². The van der Waals surface area contributed by atoms with E-state index in [0.29, 0.717) is 6.54 Å². The normalized spacial score (nSPS) is 13.9. The average Bonchev–Trinajstić information content (AvgIpc) is 2.72. The van der Waals surface area contributed by atoms with Crippen molar-refractivity contribution in [2.24, 2.45) is 0 Å². The Balaban J connectivity index is 1.50. The lowest BCUT2D eigenvalue weighted by Gasteiger charge is -2.29. The molecule has 6 heteroatoms. The van der Waals surface area contributed by atoms with Crippen molar-refractivity contribution in [2.75, 3.05) is 32.7 Å². The maximum absolute atomic E-state index is 12.9. The number of nitrogens with one attached hydrogen (secondary N) is 1. The first-order valence-corrected chi connectivity index (χ1v) is 9.73. The molecule has 5 nitrogen and oxygen atoms in total. The molecule has 140 valence electrons. The summed E-state index contributed by atoms with van der Waals surface area (Å²) in [4.78, 5) is 15.1. The minimum atomic E-state index is 0.141. The lowest BCUT2D eigenvalue weighted by molar-refractivity contribution is 0.279. The third-order valence-electron chi connectivity index (χ3n) is 4.90. The van der Waals surface area contributed by atoms with Gasteiger partial charge < -0.3 is 14.8 Å². The Hall–Kier alpha value is -2.57. The molecule has 0 atom stereocenters. The topological polar surface area (TPSA) is 50.8 Å². The van der Waals surface area contributed by atoms with Gasteiger partial charge in [0.15, 0.2) is 16.9 Å². The average molecular weight is 382 g/mol. The number of rotatable bonds is 5. The Kier molecular flexibility index (Phi) is 5.01. The highest BCUT2D eigenvalue weighted by Gasteiger charge is 2.20. The summed E-state index contributed by atoms with van der Waals surface area (Å²) in [6.07, 6.45) is 0.878. The lowest BCUT2D eigenvalue weighted by atomic mass is 10.1. The van der Waals surface area contributed by atoms with Gasteiger partial charge in [-0.3, -0.25) is 9.69 Å². The van der Waals surface area contributed by atoms with Crippen LogP contribution in [0.2, 0.25) is 0 Å². The molecule has 0 saturated carbocycles. The van der Waals surface area contributed by atoms with Crippen LogP contribution in [0.25, 0.3) is 10.1 Å². The van der Waals surface area contributed by atoms with E-state index in [1.807, 2.05) is 36.4 Å². The van der Waals surface area contributed by atoms with Crippen LogP contribution in [0.15, 0.2) is 47.3 Å². The van der Waals surface area contributed by atoms with Gasteiger partial charge in [-0.05, 0) is 36.2 Å². The van der Waals surface area contributed by atoms with Crippen LogP contribution in [0, 0.1) is 0 Å². The Labute approximate surface area is 162 Å². The molecule has 0 fully saturated rings. The molecule has 0 spiro atoms. The Morgan fingerprint density at radius 2 is 1.93 bits per heavy atom. The molecule has 27 heavy (non-hydrogen) atoms. The van der Waals surface area contributed by atoms with E-state index in [4.69, 9.17) is 9.47 Å². The number of hydrogen-bond acceptors (Lipinski definition) is 6. The quantitative estimate of drug-likeness (QED) is 0.729. The summed E-state index contributed by atoms with van der Waals surface area (Å²) < 4.78 is 11.7. The summed E-state index contributed by atoms with van der Waals surface area (Å²) in [6.45, 7) is 2.28. The van der Waals surface area contributed by atoms with Gasteiger partial charge in [0.25, 0.3) is 0 Å². The molecule has 1 aromatic heterocycles. The van der Waals surface area contributed by atoms with E-state index < -0.39 is 0 Å². The van der Waals surface area contributed by atoms with E-state index in [1.54, 1.807) is 25.6 Å². The third kappa shape index (κ3) is 3.50. The summed E-state index contributed by atoms with van der Waals surface area (Å²) >= 11 is 1.66. The van der Waals surface area contributed by atoms with Gasteiger partial charge in [-0.1, -0.05) is 18.2 Å². The highest BCUT2D eigenvalue weighted by Crippen LogP contribution is 2.30. The molecule has 2 heterocycles. The van der Waals surface area contributed by atoms with Crippen molar-refractivity contribution in [3.63, 3.8) is 0 Å². The number of anilines is 1. The molecule has 0 unspecified atom stereocenters. The zero-order valence-electron chi connectivity index (χ0n) is 15.5. The first kappa shape index (κ1) is 17.8. The van der Waals surface area contributed by atoms with Gasteiger partial charge in [-0.2, -0.15) is 0 Å². The van der Waals surface area contributed by atoms with Crippen molar-refractivity contribution in [2.45, 2.75) is 13.0 Å². The van der Waals surface area contributed by atoms with Crippen molar-refractivity contribution in [1.29, 1.82) is 0 Å². The molecular weight excluding hydrogens is 360 g/mol. The van der Waals surface area contributed by atoms with Crippen LogP contribution >= 0.6 is 11.3 Å². The molecule has 1 aliphatic heterocycles. The molecule has 0 radical (unpaired) electrons. The predicted molar refractivity (Wildman–Crippen MR) is 110 cm³/mol. The molecule has 4 rings (SSSR count). The Morgan fingerprint density at radius 3 is 2.74 bits per heavy atom. The summed E-state index contributed by atoms with van der Waals surface area (Å²) in [6, 6.07) is 13.8. The fraction of sp³-hybridized carbons (Fsp3) is 0.286. The summed E-state index contributed by atoms with van der Waals surface area (Å²) in [5.74, 6) is 1.48. The maximum Gasteiger partial charge on any atom is 0.194 e. The van der Waals surface area contributed by atoms with E-state index in [-0.39, 0.29) is 5.43 Å². The summed E-state index contributed by atoms with van der Waals surface area (Å²) in [7, 11) is 3.29. The minimum Gasteiger partial charge on any atom is -0.493 e. The Bertz CT molecular complexity index is 1030. The van der Waals surface area contributed by atoms with Gasteiger partial charge in [0.2, 0.25) is 0 Å². The second-order valence-corrected chi connectivity index (χ2v) is 7.61. The second kappa shape index (κ2) is 7.58.